The Morgan fingerprint density at radius 3 is 2.60 bits per heavy atom. The van der Waals surface area contributed by atoms with E-state index in [0.717, 1.165) is 5.56 Å². The van der Waals surface area contributed by atoms with Crippen LogP contribution in [-0.4, -0.2) is 37.7 Å². The topological polar surface area (TPSA) is 62.6 Å². The summed E-state index contributed by atoms with van der Waals surface area (Å²) in [7, 11) is 2.91. The molecule has 0 saturated heterocycles. The van der Waals surface area contributed by atoms with Crippen LogP contribution < -0.4 is 4.74 Å². The zero-order valence-electron chi connectivity index (χ0n) is 12.3. The van der Waals surface area contributed by atoms with Crippen LogP contribution in [-0.2, 0) is 16.1 Å². The molecule has 0 radical (unpaired) electrons. The highest BCUT2D eigenvalue weighted by Crippen LogP contribution is 2.20. The molecule has 0 amide bonds. The summed E-state index contributed by atoms with van der Waals surface area (Å²) >= 11 is 0. The van der Waals surface area contributed by atoms with Crippen LogP contribution in [0.5, 0.6) is 5.75 Å². The number of benzene rings is 1. The minimum atomic E-state index is -0.271. The summed E-state index contributed by atoms with van der Waals surface area (Å²) in [4.78, 5) is 13.4. The number of nitriles is 1. The van der Waals surface area contributed by atoms with Gasteiger partial charge in [-0.25, -0.2) is 0 Å². The lowest BCUT2D eigenvalue weighted by atomic mass is 10.1. The third-order valence-corrected chi connectivity index (χ3v) is 3.06. The fourth-order valence-corrected chi connectivity index (χ4v) is 1.83. The molecule has 0 spiro atoms. The summed E-state index contributed by atoms with van der Waals surface area (Å²) in [5, 5.41) is 9.08. The van der Waals surface area contributed by atoms with Gasteiger partial charge < -0.3 is 9.47 Å². The van der Waals surface area contributed by atoms with Crippen LogP contribution in [0.15, 0.2) is 18.2 Å². The molecule has 5 nitrogen and oxygen atoms in total. The number of ether oxygens (including phenoxy) is 2. The first-order valence-electron chi connectivity index (χ1n) is 6.39. The Bertz CT molecular complexity index is 506. The van der Waals surface area contributed by atoms with Crippen LogP contribution in [0.4, 0.5) is 0 Å². The van der Waals surface area contributed by atoms with Gasteiger partial charge in [0.2, 0.25) is 0 Å². The van der Waals surface area contributed by atoms with E-state index in [0.29, 0.717) is 17.9 Å². The summed E-state index contributed by atoms with van der Waals surface area (Å²) in [6.45, 7) is 4.82. The monoisotopic (exact) mass is 276 g/mol. The molecule has 0 aliphatic heterocycles. The number of nitrogens with zero attached hydrogens (tertiary/aromatic N) is 2. The molecule has 108 valence electrons. The number of rotatable bonds is 6. The molecule has 0 fully saturated rings. The predicted molar refractivity (Wildman–Crippen MR) is 75.3 cm³/mol. The second-order valence-corrected chi connectivity index (χ2v) is 4.72. The maximum atomic E-state index is 11.4. The maximum absolute atomic E-state index is 11.4. The Labute approximate surface area is 119 Å². The first-order valence-corrected chi connectivity index (χ1v) is 6.39. The normalized spacial score (nSPS) is 10.4. The van der Waals surface area contributed by atoms with Gasteiger partial charge in [-0.2, -0.15) is 5.26 Å². The summed E-state index contributed by atoms with van der Waals surface area (Å²) in [6.07, 6.45) is 0. The quantitative estimate of drug-likeness (QED) is 0.743. The van der Waals surface area contributed by atoms with Crippen LogP contribution in [0.2, 0.25) is 0 Å². The van der Waals surface area contributed by atoms with Gasteiger partial charge in [-0.15, -0.1) is 0 Å². The molecule has 5 heteroatoms. The van der Waals surface area contributed by atoms with Crippen molar-refractivity contribution in [2.75, 3.05) is 20.8 Å². The molecule has 0 N–H and O–H groups in total. The SMILES string of the molecule is COC(=O)CN(Cc1ccc(OC)c(C#N)c1)C(C)C. The highest BCUT2D eigenvalue weighted by Gasteiger charge is 2.15. The molecule has 20 heavy (non-hydrogen) atoms. The van der Waals surface area contributed by atoms with Gasteiger partial charge in [-0.05, 0) is 31.5 Å². The number of esters is 1. The van der Waals surface area contributed by atoms with Gasteiger partial charge in [0.25, 0.3) is 0 Å². The van der Waals surface area contributed by atoms with Crippen molar-refractivity contribution in [3.8, 4) is 11.8 Å². The molecule has 0 bridgehead atoms. The minimum Gasteiger partial charge on any atom is -0.495 e. The van der Waals surface area contributed by atoms with Crippen molar-refractivity contribution in [1.29, 1.82) is 5.26 Å². The maximum Gasteiger partial charge on any atom is 0.319 e. The Hall–Kier alpha value is -2.06. The van der Waals surface area contributed by atoms with E-state index in [1.54, 1.807) is 12.1 Å². The van der Waals surface area contributed by atoms with Crippen LogP contribution in [0.1, 0.15) is 25.0 Å². The molecule has 0 heterocycles. The number of hydrogen-bond acceptors (Lipinski definition) is 5. The summed E-state index contributed by atoms with van der Waals surface area (Å²) in [5.41, 5.74) is 1.45. The highest BCUT2D eigenvalue weighted by atomic mass is 16.5. The van der Waals surface area contributed by atoms with E-state index in [2.05, 4.69) is 6.07 Å². The average Bonchev–Trinajstić information content (AvgIpc) is 2.45. The Morgan fingerprint density at radius 2 is 2.10 bits per heavy atom. The molecule has 0 atom stereocenters. The third kappa shape index (κ3) is 4.25. The molecule has 1 rings (SSSR count). The summed E-state index contributed by atoms with van der Waals surface area (Å²) in [5.74, 6) is 0.285. The highest BCUT2D eigenvalue weighted by molar-refractivity contribution is 5.71. The van der Waals surface area contributed by atoms with Crippen molar-refractivity contribution in [1.82, 2.24) is 4.90 Å². The van der Waals surface area contributed by atoms with Crippen LogP contribution in [0, 0.1) is 11.3 Å². The van der Waals surface area contributed by atoms with E-state index < -0.39 is 0 Å². The Balaban J connectivity index is 2.89. The van der Waals surface area contributed by atoms with Gasteiger partial charge in [0.05, 0.1) is 26.3 Å². The van der Waals surface area contributed by atoms with Crippen molar-refractivity contribution in [2.45, 2.75) is 26.4 Å². The van der Waals surface area contributed by atoms with E-state index >= 15 is 0 Å². The zero-order chi connectivity index (χ0) is 15.1. The van der Waals surface area contributed by atoms with E-state index in [1.807, 2.05) is 24.8 Å². The van der Waals surface area contributed by atoms with Gasteiger partial charge in [0.1, 0.15) is 11.8 Å². The van der Waals surface area contributed by atoms with E-state index in [-0.39, 0.29) is 18.6 Å². The van der Waals surface area contributed by atoms with Crippen molar-refractivity contribution >= 4 is 5.97 Å². The first kappa shape index (κ1) is 16.0. The van der Waals surface area contributed by atoms with Gasteiger partial charge in [0.15, 0.2) is 0 Å². The molecular formula is C15H20N2O3. The number of hydrogen-bond donors (Lipinski definition) is 0. The van der Waals surface area contributed by atoms with E-state index in [9.17, 15) is 4.79 Å². The predicted octanol–water partition coefficient (Wildman–Crippen LogP) is 1.95. The van der Waals surface area contributed by atoms with Crippen LogP contribution in [0.25, 0.3) is 0 Å². The third-order valence-electron chi connectivity index (χ3n) is 3.06. The smallest absolute Gasteiger partial charge is 0.319 e. The Kier molecular flexibility index (Phi) is 6.01. The molecule has 0 unspecified atom stereocenters. The molecule has 0 saturated carbocycles. The molecule has 0 aliphatic rings. The lowest BCUT2D eigenvalue weighted by molar-refractivity contribution is -0.142. The number of carbonyl (C=O) groups excluding carboxylic acids is 1. The van der Waals surface area contributed by atoms with E-state index in [4.69, 9.17) is 14.7 Å². The fourth-order valence-electron chi connectivity index (χ4n) is 1.83. The van der Waals surface area contributed by atoms with Crippen LogP contribution >= 0.6 is 0 Å². The summed E-state index contributed by atoms with van der Waals surface area (Å²) in [6, 6.07) is 7.75. The van der Waals surface area contributed by atoms with Gasteiger partial charge in [-0.3, -0.25) is 9.69 Å². The second kappa shape index (κ2) is 7.51. The zero-order valence-corrected chi connectivity index (χ0v) is 12.3. The first-order chi connectivity index (χ1) is 9.51. The molecule has 1 aromatic rings. The van der Waals surface area contributed by atoms with Gasteiger partial charge >= 0.3 is 5.97 Å². The standard InChI is InChI=1S/C15H20N2O3/c1-11(2)17(10-15(18)20-4)9-12-5-6-14(19-3)13(7-12)8-16/h5-7,11H,9-10H2,1-4H3. The van der Waals surface area contributed by atoms with Crippen LogP contribution in [0.3, 0.4) is 0 Å². The summed E-state index contributed by atoms with van der Waals surface area (Å²) < 4.78 is 9.81. The van der Waals surface area contributed by atoms with Gasteiger partial charge in [-0.1, -0.05) is 6.07 Å². The molecule has 0 aliphatic carbocycles. The minimum absolute atomic E-state index is 0.196. The fraction of sp³-hybridized carbons (Fsp3) is 0.467. The average molecular weight is 276 g/mol. The van der Waals surface area contributed by atoms with E-state index in [1.165, 1.54) is 14.2 Å². The van der Waals surface area contributed by atoms with Gasteiger partial charge in [0, 0.05) is 12.6 Å². The number of methoxy groups -OCH3 is 2. The lowest BCUT2D eigenvalue weighted by Gasteiger charge is -2.25. The Morgan fingerprint density at radius 1 is 1.40 bits per heavy atom. The lowest BCUT2D eigenvalue weighted by Crippen LogP contribution is -2.35. The largest absolute Gasteiger partial charge is 0.495 e. The molecular weight excluding hydrogens is 256 g/mol. The van der Waals surface area contributed by atoms with Crippen molar-refractivity contribution in [3.05, 3.63) is 29.3 Å². The molecule has 0 aromatic heterocycles. The van der Waals surface area contributed by atoms with Crippen molar-refractivity contribution in [2.24, 2.45) is 0 Å². The second-order valence-electron chi connectivity index (χ2n) is 4.72. The van der Waals surface area contributed by atoms with Crippen molar-refractivity contribution in [3.63, 3.8) is 0 Å². The van der Waals surface area contributed by atoms with Crippen molar-refractivity contribution < 1.29 is 14.3 Å². The molecule has 1 aromatic carbocycles. The number of carbonyl (C=O) groups is 1.